The van der Waals surface area contributed by atoms with Gasteiger partial charge >= 0.3 is 0 Å². The molecule has 27 heavy (non-hydrogen) atoms. The Morgan fingerprint density at radius 2 is 1.81 bits per heavy atom. The van der Waals surface area contributed by atoms with Crippen LogP contribution in [0.25, 0.3) is 10.6 Å². The predicted octanol–water partition coefficient (Wildman–Crippen LogP) is 4.72. The summed E-state index contributed by atoms with van der Waals surface area (Å²) in [4.78, 5) is 17.7. The van der Waals surface area contributed by atoms with Crippen molar-refractivity contribution >= 4 is 28.8 Å². The number of carbonyl (C=O) groups is 1. The van der Waals surface area contributed by atoms with E-state index >= 15 is 0 Å². The fourth-order valence-corrected chi connectivity index (χ4v) is 3.69. The summed E-state index contributed by atoms with van der Waals surface area (Å²) in [5.41, 5.74) is 2.56. The Kier molecular flexibility index (Phi) is 5.98. The Balaban J connectivity index is 1.72. The molecule has 1 N–H and O–H groups in total. The number of nitrogens with zero attached hydrogens (tertiary/aromatic N) is 1. The Hall–Kier alpha value is -2.57. The summed E-state index contributed by atoms with van der Waals surface area (Å²) in [5, 5.41) is 4.39. The number of aromatic nitrogens is 1. The molecule has 0 aliphatic rings. The van der Waals surface area contributed by atoms with Crippen molar-refractivity contribution in [3.05, 3.63) is 63.6 Å². The van der Waals surface area contributed by atoms with Gasteiger partial charge in [-0.15, -0.1) is 11.3 Å². The summed E-state index contributed by atoms with van der Waals surface area (Å²) >= 11 is 7.29. The summed E-state index contributed by atoms with van der Waals surface area (Å²) in [7, 11) is 3.17. The van der Waals surface area contributed by atoms with Crippen molar-refractivity contribution in [2.24, 2.45) is 0 Å². The van der Waals surface area contributed by atoms with Crippen molar-refractivity contribution in [1.29, 1.82) is 0 Å². The summed E-state index contributed by atoms with van der Waals surface area (Å²) in [5.74, 6) is 1.13. The van der Waals surface area contributed by atoms with E-state index in [1.807, 2.05) is 49.4 Å². The molecule has 0 saturated heterocycles. The van der Waals surface area contributed by atoms with E-state index in [2.05, 4.69) is 10.3 Å². The van der Waals surface area contributed by atoms with Crippen molar-refractivity contribution in [3.8, 4) is 22.1 Å². The van der Waals surface area contributed by atoms with E-state index in [1.165, 1.54) is 11.3 Å². The van der Waals surface area contributed by atoms with Crippen LogP contribution in [0.5, 0.6) is 11.5 Å². The number of carbonyl (C=O) groups excluding carboxylic acids is 1. The maximum absolute atomic E-state index is 12.6. The van der Waals surface area contributed by atoms with Crippen molar-refractivity contribution in [2.45, 2.75) is 13.5 Å². The van der Waals surface area contributed by atoms with Gasteiger partial charge in [0.15, 0.2) is 11.5 Å². The number of thiazole rings is 1. The third kappa shape index (κ3) is 4.40. The van der Waals surface area contributed by atoms with Crippen LogP contribution in [0.4, 0.5) is 0 Å². The van der Waals surface area contributed by atoms with Gasteiger partial charge in [-0.05, 0) is 36.8 Å². The second-order valence-corrected chi connectivity index (χ2v) is 7.25. The number of ether oxygens (including phenoxy) is 2. The Morgan fingerprint density at radius 1 is 1.11 bits per heavy atom. The molecule has 0 unspecified atom stereocenters. The molecule has 1 amide bonds. The molecule has 3 aromatic rings. The van der Waals surface area contributed by atoms with Crippen LogP contribution in [0, 0.1) is 6.92 Å². The van der Waals surface area contributed by atoms with Gasteiger partial charge in [-0.2, -0.15) is 0 Å². The lowest BCUT2D eigenvalue weighted by Crippen LogP contribution is -2.22. The molecule has 0 radical (unpaired) electrons. The molecule has 140 valence electrons. The van der Waals surface area contributed by atoms with Gasteiger partial charge in [-0.3, -0.25) is 4.79 Å². The van der Waals surface area contributed by atoms with Gasteiger partial charge in [0.1, 0.15) is 9.88 Å². The second kappa shape index (κ2) is 8.41. The average Bonchev–Trinajstić information content (AvgIpc) is 3.08. The smallest absolute Gasteiger partial charge is 0.263 e. The minimum absolute atomic E-state index is 0.153. The van der Waals surface area contributed by atoms with Crippen LogP contribution in [0.2, 0.25) is 5.02 Å². The third-order valence-corrected chi connectivity index (χ3v) is 5.45. The highest BCUT2D eigenvalue weighted by molar-refractivity contribution is 7.17. The standard InChI is InChI=1S/C20H19ClN2O3S/c1-12-18(27-20(23-12)14-5-7-15(21)8-6-14)19(24)22-11-13-4-9-16(25-2)17(10-13)26-3/h4-10H,11H2,1-3H3,(H,22,24). The number of hydrogen-bond acceptors (Lipinski definition) is 5. The second-order valence-electron chi connectivity index (χ2n) is 5.81. The van der Waals surface area contributed by atoms with Crippen LogP contribution in [0.3, 0.4) is 0 Å². The quantitative estimate of drug-likeness (QED) is 0.648. The van der Waals surface area contributed by atoms with Gasteiger partial charge in [0.25, 0.3) is 5.91 Å². The molecular weight excluding hydrogens is 384 g/mol. The van der Waals surface area contributed by atoms with Gasteiger partial charge in [-0.1, -0.05) is 29.8 Å². The third-order valence-electron chi connectivity index (χ3n) is 4.00. The molecule has 0 atom stereocenters. The van der Waals surface area contributed by atoms with Crippen LogP contribution in [-0.4, -0.2) is 25.1 Å². The first-order valence-electron chi connectivity index (χ1n) is 8.24. The fraction of sp³-hybridized carbons (Fsp3) is 0.200. The maximum atomic E-state index is 12.6. The number of methoxy groups -OCH3 is 2. The first-order valence-corrected chi connectivity index (χ1v) is 9.43. The zero-order chi connectivity index (χ0) is 19.4. The van der Waals surface area contributed by atoms with Crippen LogP contribution in [0.15, 0.2) is 42.5 Å². The first kappa shape index (κ1) is 19.2. The normalized spacial score (nSPS) is 10.5. The summed E-state index contributed by atoms with van der Waals surface area (Å²) in [6.45, 7) is 2.22. The molecule has 0 saturated carbocycles. The highest BCUT2D eigenvalue weighted by atomic mass is 35.5. The van der Waals surface area contributed by atoms with E-state index in [0.29, 0.717) is 33.6 Å². The van der Waals surface area contributed by atoms with Gasteiger partial charge in [0.2, 0.25) is 0 Å². The molecule has 2 aromatic carbocycles. The van der Waals surface area contributed by atoms with E-state index in [1.54, 1.807) is 14.2 Å². The molecule has 3 rings (SSSR count). The van der Waals surface area contributed by atoms with Crippen molar-refractivity contribution in [1.82, 2.24) is 10.3 Å². The molecule has 0 fully saturated rings. The number of nitrogens with one attached hydrogen (secondary N) is 1. The first-order chi connectivity index (χ1) is 13.0. The SMILES string of the molecule is COc1ccc(CNC(=O)c2sc(-c3ccc(Cl)cc3)nc2C)cc1OC. The minimum Gasteiger partial charge on any atom is -0.493 e. The van der Waals surface area contributed by atoms with Gasteiger partial charge in [-0.25, -0.2) is 4.98 Å². The molecule has 7 heteroatoms. The van der Waals surface area contributed by atoms with E-state index in [-0.39, 0.29) is 5.91 Å². The summed E-state index contributed by atoms with van der Waals surface area (Å²) < 4.78 is 10.5. The van der Waals surface area contributed by atoms with E-state index in [4.69, 9.17) is 21.1 Å². The van der Waals surface area contributed by atoms with Crippen molar-refractivity contribution in [2.75, 3.05) is 14.2 Å². The highest BCUT2D eigenvalue weighted by Gasteiger charge is 2.16. The number of rotatable bonds is 6. The molecule has 1 heterocycles. The van der Waals surface area contributed by atoms with E-state index in [0.717, 1.165) is 16.1 Å². The molecule has 0 spiro atoms. The molecule has 0 aliphatic heterocycles. The Labute approximate surface area is 166 Å². The summed E-state index contributed by atoms with van der Waals surface area (Å²) in [6, 6.07) is 13.0. The zero-order valence-electron chi connectivity index (χ0n) is 15.2. The lowest BCUT2D eigenvalue weighted by atomic mass is 10.2. The number of halogens is 1. The van der Waals surface area contributed by atoms with Crippen molar-refractivity contribution < 1.29 is 14.3 Å². The maximum Gasteiger partial charge on any atom is 0.263 e. The van der Waals surface area contributed by atoms with Crippen LogP contribution in [0.1, 0.15) is 20.9 Å². The Morgan fingerprint density at radius 3 is 2.48 bits per heavy atom. The number of benzene rings is 2. The van der Waals surface area contributed by atoms with Crippen LogP contribution >= 0.6 is 22.9 Å². The summed E-state index contributed by atoms with van der Waals surface area (Å²) in [6.07, 6.45) is 0. The number of aryl methyl sites for hydroxylation is 1. The number of hydrogen-bond donors (Lipinski definition) is 1. The molecule has 0 bridgehead atoms. The van der Waals surface area contributed by atoms with Crippen LogP contribution in [-0.2, 0) is 6.54 Å². The van der Waals surface area contributed by atoms with Gasteiger partial charge < -0.3 is 14.8 Å². The van der Waals surface area contributed by atoms with Crippen molar-refractivity contribution in [3.63, 3.8) is 0 Å². The highest BCUT2D eigenvalue weighted by Crippen LogP contribution is 2.29. The number of amides is 1. The van der Waals surface area contributed by atoms with E-state index in [9.17, 15) is 4.79 Å². The molecule has 1 aromatic heterocycles. The topological polar surface area (TPSA) is 60.5 Å². The molecule has 0 aliphatic carbocycles. The largest absolute Gasteiger partial charge is 0.493 e. The molecule has 5 nitrogen and oxygen atoms in total. The average molecular weight is 403 g/mol. The van der Waals surface area contributed by atoms with E-state index < -0.39 is 0 Å². The zero-order valence-corrected chi connectivity index (χ0v) is 16.8. The lowest BCUT2D eigenvalue weighted by Gasteiger charge is -2.10. The van der Waals surface area contributed by atoms with Gasteiger partial charge in [0, 0.05) is 17.1 Å². The monoisotopic (exact) mass is 402 g/mol. The lowest BCUT2D eigenvalue weighted by molar-refractivity contribution is 0.0954. The fourth-order valence-electron chi connectivity index (χ4n) is 2.58. The van der Waals surface area contributed by atoms with Gasteiger partial charge in [0.05, 0.1) is 19.9 Å². The molecular formula is C20H19ClN2O3S. The minimum atomic E-state index is -0.153. The predicted molar refractivity (Wildman–Crippen MR) is 108 cm³/mol. The Bertz CT molecular complexity index is 954. The van der Waals surface area contributed by atoms with Crippen LogP contribution < -0.4 is 14.8 Å².